The number of halogens is 3. The summed E-state index contributed by atoms with van der Waals surface area (Å²) in [7, 11) is 0. The number of anilines is 1. The highest BCUT2D eigenvalue weighted by molar-refractivity contribution is 5.93. The molecule has 2 N–H and O–H groups in total. The zero-order valence-electron chi connectivity index (χ0n) is 16.3. The Hall–Kier alpha value is -2.52. The molecule has 1 amide bonds. The van der Waals surface area contributed by atoms with E-state index in [1.165, 1.54) is 6.07 Å². The normalized spacial score (nSPS) is 20.4. The van der Waals surface area contributed by atoms with Crippen molar-refractivity contribution < 1.29 is 18.0 Å². The van der Waals surface area contributed by atoms with Crippen LogP contribution in [0.3, 0.4) is 0 Å². The second kappa shape index (κ2) is 7.48. The standard InChI is InChI=1S/C18H25F3N6O/c1-5-13-7-15(18(19,20)21)27-16(23-13)8-14(25-27)17(28)22-11(3)9-26-12(4)6-10(2)24-26/h6,8,11,13,15,23H,5,7,9H2,1-4H3,(H,22,28)/t11-,13+,15+/m0/s1. The zero-order chi connectivity index (χ0) is 20.6. The lowest BCUT2D eigenvalue weighted by Crippen LogP contribution is -2.39. The maximum absolute atomic E-state index is 13.4. The third-order valence-electron chi connectivity index (χ3n) is 4.92. The molecule has 2 aromatic heterocycles. The van der Waals surface area contributed by atoms with Crippen LogP contribution in [0.5, 0.6) is 0 Å². The van der Waals surface area contributed by atoms with E-state index in [1.54, 1.807) is 4.68 Å². The van der Waals surface area contributed by atoms with E-state index < -0.39 is 18.1 Å². The van der Waals surface area contributed by atoms with Crippen molar-refractivity contribution in [2.75, 3.05) is 5.32 Å². The summed E-state index contributed by atoms with van der Waals surface area (Å²) in [5, 5.41) is 14.1. The van der Waals surface area contributed by atoms with Gasteiger partial charge in [0.15, 0.2) is 11.7 Å². The Balaban J connectivity index is 1.74. The van der Waals surface area contributed by atoms with Crippen molar-refractivity contribution in [3.8, 4) is 0 Å². The van der Waals surface area contributed by atoms with E-state index in [-0.39, 0.29) is 30.0 Å². The Morgan fingerprint density at radius 2 is 2.07 bits per heavy atom. The summed E-state index contributed by atoms with van der Waals surface area (Å²) in [5.74, 6) is -0.288. The van der Waals surface area contributed by atoms with Gasteiger partial charge in [-0.3, -0.25) is 9.48 Å². The molecule has 1 aliphatic rings. The molecule has 7 nitrogen and oxygen atoms in total. The molecule has 2 aromatic rings. The van der Waals surface area contributed by atoms with Gasteiger partial charge in [0.25, 0.3) is 5.91 Å². The van der Waals surface area contributed by atoms with Crippen molar-refractivity contribution in [1.82, 2.24) is 24.9 Å². The van der Waals surface area contributed by atoms with Crippen molar-refractivity contribution in [3.05, 3.63) is 29.2 Å². The van der Waals surface area contributed by atoms with Crippen LogP contribution in [0.1, 0.15) is 54.6 Å². The van der Waals surface area contributed by atoms with Gasteiger partial charge in [0.05, 0.1) is 12.2 Å². The Morgan fingerprint density at radius 1 is 1.36 bits per heavy atom. The minimum atomic E-state index is -4.42. The predicted molar refractivity (Wildman–Crippen MR) is 98.3 cm³/mol. The predicted octanol–water partition coefficient (Wildman–Crippen LogP) is 3.21. The van der Waals surface area contributed by atoms with Crippen LogP contribution in [0, 0.1) is 13.8 Å². The second-order valence-electron chi connectivity index (χ2n) is 7.39. The molecule has 0 saturated heterocycles. The molecule has 0 aliphatic carbocycles. The summed E-state index contributed by atoms with van der Waals surface area (Å²) < 4.78 is 43.0. The largest absolute Gasteiger partial charge is 0.410 e. The first-order chi connectivity index (χ1) is 13.1. The molecular weight excluding hydrogens is 373 g/mol. The monoisotopic (exact) mass is 398 g/mol. The molecule has 0 spiro atoms. The van der Waals surface area contributed by atoms with Crippen molar-refractivity contribution in [2.45, 2.75) is 71.4 Å². The smallest absolute Gasteiger partial charge is 0.367 e. The molecule has 154 valence electrons. The first-order valence-electron chi connectivity index (χ1n) is 9.33. The zero-order valence-corrected chi connectivity index (χ0v) is 16.3. The first-order valence-corrected chi connectivity index (χ1v) is 9.33. The number of rotatable bonds is 5. The van der Waals surface area contributed by atoms with Crippen LogP contribution in [0.4, 0.5) is 19.0 Å². The van der Waals surface area contributed by atoms with Crippen LogP contribution in [0.2, 0.25) is 0 Å². The average Bonchev–Trinajstić information content (AvgIpc) is 3.15. The molecule has 0 unspecified atom stereocenters. The van der Waals surface area contributed by atoms with Gasteiger partial charge in [-0.1, -0.05) is 6.92 Å². The van der Waals surface area contributed by atoms with E-state index in [0.29, 0.717) is 13.0 Å². The molecule has 3 atom stereocenters. The summed E-state index contributed by atoms with van der Waals surface area (Å²) in [5.41, 5.74) is 1.82. The van der Waals surface area contributed by atoms with Crippen LogP contribution < -0.4 is 10.6 Å². The van der Waals surface area contributed by atoms with E-state index in [1.807, 2.05) is 33.8 Å². The van der Waals surface area contributed by atoms with Gasteiger partial charge in [0.2, 0.25) is 0 Å². The number of carbonyl (C=O) groups excluding carboxylic acids is 1. The summed E-state index contributed by atoms with van der Waals surface area (Å²) in [6.45, 7) is 7.90. The van der Waals surface area contributed by atoms with Crippen LogP contribution in [0.25, 0.3) is 0 Å². The molecule has 3 heterocycles. The van der Waals surface area contributed by atoms with E-state index in [0.717, 1.165) is 16.1 Å². The van der Waals surface area contributed by atoms with Gasteiger partial charge in [-0.2, -0.15) is 23.4 Å². The lowest BCUT2D eigenvalue weighted by molar-refractivity contribution is -0.173. The van der Waals surface area contributed by atoms with E-state index in [4.69, 9.17) is 0 Å². The fourth-order valence-corrected chi connectivity index (χ4v) is 3.49. The van der Waals surface area contributed by atoms with Gasteiger partial charge in [0, 0.05) is 23.8 Å². The molecule has 3 rings (SSSR count). The quantitative estimate of drug-likeness (QED) is 0.811. The summed E-state index contributed by atoms with van der Waals surface area (Å²) in [6, 6.07) is 1.01. The van der Waals surface area contributed by atoms with Gasteiger partial charge < -0.3 is 10.6 Å². The minimum absolute atomic E-state index is 0.0336. The number of hydrogen-bond acceptors (Lipinski definition) is 4. The Morgan fingerprint density at radius 3 is 2.64 bits per heavy atom. The summed E-state index contributed by atoms with van der Waals surface area (Å²) in [4.78, 5) is 12.5. The lowest BCUT2D eigenvalue weighted by Gasteiger charge is -2.32. The highest BCUT2D eigenvalue weighted by Crippen LogP contribution is 2.39. The van der Waals surface area contributed by atoms with Gasteiger partial charge in [0.1, 0.15) is 5.82 Å². The number of nitrogens with one attached hydrogen (secondary N) is 2. The third kappa shape index (κ3) is 4.15. The number of carbonyl (C=O) groups is 1. The number of nitrogens with zero attached hydrogens (tertiary/aromatic N) is 4. The average molecular weight is 398 g/mol. The molecule has 0 bridgehead atoms. The second-order valence-corrected chi connectivity index (χ2v) is 7.39. The maximum Gasteiger partial charge on any atom is 0.410 e. The van der Waals surface area contributed by atoms with E-state index in [9.17, 15) is 18.0 Å². The summed E-state index contributed by atoms with van der Waals surface area (Å²) in [6.07, 6.45) is -3.98. The van der Waals surface area contributed by atoms with Crippen molar-refractivity contribution >= 4 is 11.7 Å². The Kier molecular flexibility index (Phi) is 5.40. The van der Waals surface area contributed by atoms with E-state index in [2.05, 4.69) is 20.8 Å². The van der Waals surface area contributed by atoms with Crippen LogP contribution in [-0.2, 0) is 6.54 Å². The first kappa shape index (κ1) is 20.2. The van der Waals surface area contributed by atoms with Crippen LogP contribution >= 0.6 is 0 Å². The molecule has 10 heteroatoms. The lowest BCUT2D eigenvalue weighted by atomic mass is 10.0. The van der Waals surface area contributed by atoms with Gasteiger partial charge in [-0.25, -0.2) is 4.68 Å². The molecular formula is C18H25F3N6O. The highest BCUT2D eigenvalue weighted by atomic mass is 19.4. The molecule has 0 aromatic carbocycles. The topological polar surface area (TPSA) is 76.8 Å². The number of aryl methyl sites for hydroxylation is 2. The number of amides is 1. The fourth-order valence-electron chi connectivity index (χ4n) is 3.49. The summed E-state index contributed by atoms with van der Waals surface area (Å²) >= 11 is 0. The van der Waals surface area contributed by atoms with Crippen molar-refractivity contribution in [2.24, 2.45) is 0 Å². The van der Waals surface area contributed by atoms with Crippen LogP contribution in [0.15, 0.2) is 12.1 Å². The fraction of sp³-hybridized carbons (Fsp3) is 0.611. The Labute approximate surface area is 161 Å². The molecule has 28 heavy (non-hydrogen) atoms. The molecule has 0 radical (unpaired) electrons. The van der Waals surface area contributed by atoms with Gasteiger partial charge >= 0.3 is 6.18 Å². The van der Waals surface area contributed by atoms with Gasteiger partial charge in [-0.15, -0.1) is 0 Å². The number of aromatic nitrogens is 4. The van der Waals surface area contributed by atoms with Gasteiger partial charge in [-0.05, 0) is 39.7 Å². The van der Waals surface area contributed by atoms with Crippen molar-refractivity contribution in [1.29, 1.82) is 0 Å². The van der Waals surface area contributed by atoms with Crippen molar-refractivity contribution in [3.63, 3.8) is 0 Å². The number of hydrogen-bond donors (Lipinski definition) is 2. The molecule has 1 aliphatic heterocycles. The third-order valence-corrected chi connectivity index (χ3v) is 4.92. The number of alkyl halides is 3. The molecule has 0 fully saturated rings. The minimum Gasteiger partial charge on any atom is -0.367 e. The Bertz CT molecular complexity index is 856. The highest BCUT2D eigenvalue weighted by Gasteiger charge is 2.46. The SMILES string of the molecule is CC[C@@H]1C[C@H](C(F)(F)F)n2nc(C(=O)N[C@@H](C)Cn3nc(C)cc3C)cc2N1. The molecule has 0 saturated carbocycles. The maximum atomic E-state index is 13.4. The van der Waals surface area contributed by atoms with E-state index >= 15 is 0 Å². The van der Waals surface area contributed by atoms with Crippen LogP contribution in [-0.4, -0.2) is 43.7 Å². The number of fused-ring (bicyclic) bond motifs is 1.